The Balaban J connectivity index is 1.92. The molecule has 0 aliphatic rings. The largest absolute Gasteiger partial charge is 0.480 e. The second-order valence-corrected chi connectivity index (χ2v) is 7.59. The molecule has 0 atom stereocenters. The van der Waals surface area contributed by atoms with E-state index in [1.54, 1.807) is 11.3 Å². The number of carbonyl (C=O) groups is 1. The summed E-state index contributed by atoms with van der Waals surface area (Å²) in [6.07, 6.45) is 0.408. The van der Waals surface area contributed by atoms with Gasteiger partial charge in [0, 0.05) is 22.2 Å². The van der Waals surface area contributed by atoms with Crippen LogP contribution >= 0.6 is 22.7 Å². The highest BCUT2D eigenvalue weighted by atomic mass is 32.1. The molecule has 0 bridgehead atoms. The first kappa shape index (κ1) is 16.7. The molecule has 4 aromatic rings. The van der Waals surface area contributed by atoms with Crippen molar-refractivity contribution in [2.24, 2.45) is 0 Å². The summed E-state index contributed by atoms with van der Waals surface area (Å²) >= 11 is 2.96. The van der Waals surface area contributed by atoms with Gasteiger partial charge in [-0.3, -0.25) is 14.2 Å². The molecule has 3 aromatic heterocycles. The van der Waals surface area contributed by atoms with Crippen LogP contribution in [0.3, 0.4) is 0 Å². The van der Waals surface area contributed by atoms with E-state index in [-0.39, 0.29) is 5.56 Å². The van der Waals surface area contributed by atoms with Gasteiger partial charge in [-0.25, -0.2) is 4.98 Å². The molecule has 7 heteroatoms. The third-order valence-corrected chi connectivity index (χ3v) is 5.83. The number of aliphatic carboxylic acids is 1. The quantitative estimate of drug-likeness (QED) is 0.569. The minimum absolute atomic E-state index is 0.298. The first-order chi connectivity index (χ1) is 12.6. The van der Waals surface area contributed by atoms with Crippen molar-refractivity contribution in [1.82, 2.24) is 9.55 Å². The maximum atomic E-state index is 13.1. The number of rotatable bonds is 5. The van der Waals surface area contributed by atoms with Gasteiger partial charge in [-0.05, 0) is 17.0 Å². The molecular weight excluding hydrogens is 368 g/mol. The SMILES string of the molecule is O=C(O)Cn1c(Cc2ccccc2)nc2scc(-c3cccs3)c2c1=O. The van der Waals surface area contributed by atoms with E-state index in [1.165, 1.54) is 15.9 Å². The zero-order valence-electron chi connectivity index (χ0n) is 13.6. The standard InChI is InChI=1S/C19H14N2O3S2/c22-16(23)10-21-15(9-12-5-2-1-3-6-12)20-18-17(19(21)24)13(11-26-18)14-7-4-8-25-14/h1-8,11H,9-10H2,(H,22,23). The molecule has 26 heavy (non-hydrogen) atoms. The molecule has 1 aromatic carbocycles. The molecule has 0 fully saturated rings. The molecular formula is C19H14N2O3S2. The van der Waals surface area contributed by atoms with E-state index in [0.717, 1.165) is 16.0 Å². The summed E-state index contributed by atoms with van der Waals surface area (Å²) in [7, 11) is 0. The zero-order valence-corrected chi connectivity index (χ0v) is 15.2. The average Bonchev–Trinajstić information content (AvgIpc) is 3.28. The smallest absolute Gasteiger partial charge is 0.323 e. The first-order valence-electron chi connectivity index (χ1n) is 7.94. The highest BCUT2D eigenvalue weighted by Gasteiger charge is 2.19. The van der Waals surface area contributed by atoms with E-state index in [4.69, 9.17) is 0 Å². The number of aromatic nitrogens is 2. The Hall–Kier alpha value is -2.77. The van der Waals surface area contributed by atoms with Crippen LogP contribution in [0, 0.1) is 0 Å². The van der Waals surface area contributed by atoms with Crippen LogP contribution in [-0.4, -0.2) is 20.6 Å². The number of hydrogen-bond acceptors (Lipinski definition) is 5. The number of fused-ring (bicyclic) bond motifs is 1. The minimum atomic E-state index is -1.06. The van der Waals surface area contributed by atoms with Gasteiger partial charge < -0.3 is 5.11 Å². The van der Waals surface area contributed by atoms with Gasteiger partial charge in [0.15, 0.2) is 0 Å². The second-order valence-electron chi connectivity index (χ2n) is 5.78. The molecule has 0 amide bonds. The van der Waals surface area contributed by atoms with Gasteiger partial charge in [-0.15, -0.1) is 22.7 Å². The number of carboxylic acid groups (broad SMARTS) is 1. The maximum Gasteiger partial charge on any atom is 0.323 e. The third-order valence-electron chi connectivity index (χ3n) is 4.06. The number of benzene rings is 1. The van der Waals surface area contributed by atoms with Gasteiger partial charge >= 0.3 is 5.97 Å². The van der Waals surface area contributed by atoms with E-state index >= 15 is 0 Å². The second kappa shape index (κ2) is 6.86. The number of hydrogen-bond donors (Lipinski definition) is 1. The van der Waals surface area contributed by atoms with Crippen LogP contribution in [0.5, 0.6) is 0 Å². The van der Waals surface area contributed by atoms with E-state index < -0.39 is 12.5 Å². The van der Waals surface area contributed by atoms with Gasteiger partial charge in [0.05, 0.1) is 5.39 Å². The van der Waals surface area contributed by atoms with E-state index in [0.29, 0.717) is 22.5 Å². The molecule has 0 spiro atoms. The molecule has 1 N–H and O–H groups in total. The Kier molecular flexibility index (Phi) is 4.40. The van der Waals surface area contributed by atoms with Crippen LogP contribution in [-0.2, 0) is 17.8 Å². The topological polar surface area (TPSA) is 72.2 Å². The van der Waals surface area contributed by atoms with Gasteiger partial charge in [-0.1, -0.05) is 36.4 Å². The number of nitrogens with zero attached hydrogens (tertiary/aromatic N) is 2. The summed E-state index contributed by atoms with van der Waals surface area (Å²) in [5.74, 6) is -0.592. The van der Waals surface area contributed by atoms with Crippen LogP contribution in [0.4, 0.5) is 0 Å². The summed E-state index contributed by atoms with van der Waals surface area (Å²) in [4.78, 5) is 30.7. The lowest BCUT2D eigenvalue weighted by atomic mass is 10.1. The molecule has 4 rings (SSSR count). The molecule has 0 saturated heterocycles. The van der Waals surface area contributed by atoms with Crippen molar-refractivity contribution in [1.29, 1.82) is 0 Å². The third kappa shape index (κ3) is 3.07. The molecule has 0 aliphatic heterocycles. The van der Waals surface area contributed by atoms with Crippen molar-refractivity contribution < 1.29 is 9.90 Å². The van der Waals surface area contributed by atoms with Crippen molar-refractivity contribution >= 4 is 38.9 Å². The summed E-state index contributed by atoms with van der Waals surface area (Å²) < 4.78 is 1.28. The van der Waals surface area contributed by atoms with Crippen molar-refractivity contribution in [3.63, 3.8) is 0 Å². The predicted molar refractivity (Wildman–Crippen MR) is 104 cm³/mol. The molecule has 5 nitrogen and oxygen atoms in total. The van der Waals surface area contributed by atoms with Gasteiger partial charge in [0.25, 0.3) is 5.56 Å². The van der Waals surface area contributed by atoms with Crippen LogP contribution in [0.2, 0.25) is 0 Å². The van der Waals surface area contributed by atoms with E-state index in [9.17, 15) is 14.7 Å². The van der Waals surface area contributed by atoms with Crippen LogP contribution in [0.1, 0.15) is 11.4 Å². The van der Waals surface area contributed by atoms with E-state index in [1.807, 2.05) is 53.2 Å². The minimum Gasteiger partial charge on any atom is -0.480 e. The summed E-state index contributed by atoms with van der Waals surface area (Å²) in [6, 6.07) is 13.5. The van der Waals surface area contributed by atoms with Gasteiger partial charge in [0.1, 0.15) is 17.2 Å². The van der Waals surface area contributed by atoms with Crippen molar-refractivity contribution in [3.05, 3.63) is 75.0 Å². The fraction of sp³-hybridized carbons (Fsp3) is 0.105. The highest BCUT2D eigenvalue weighted by molar-refractivity contribution is 7.18. The maximum absolute atomic E-state index is 13.1. The molecule has 130 valence electrons. The zero-order chi connectivity index (χ0) is 18.1. The fourth-order valence-electron chi connectivity index (χ4n) is 2.89. The average molecular weight is 382 g/mol. The summed E-state index contributed by atoms with van der Waals surface area (Å²) in [5.41, 5.74) is 1.50. The van der Waals surface area contributed by atoms with Crippen molar-refractivity contribution in [2.45, 2.75) is 13.0 Å². The number of carboxylic acids is 1. The number of thiophene rings is 2. The van der Waals surface area contributed by atoms with Crippen molar-refractivity contribution in [2.75, 3.05) is 0 Å². The molecule has 0 aliphatic carbocycles. The molecule has 0 unspecified atom stereocenters. The Morgan fingerprint density at radius 2 is 1.92 bits per heavy atom. The van der Waals surface area contributed by atoms with Crippen LogP contribution in [0.25, 0.3) is 20.7 Å². The lowest BCUT2D eigenvalue weighted by molar-refractivity contribution is -0.137. The highest BCUT2D eigenvalue weighted by Crippen LogP contribution is 2.33. The molecule has 0 radical (unpaired) electrons. The molecule has 3 heterocycles. The first-order valence-corrected chi connectivity index (χ1v) is 9.70. The Morgan fingerprint density at radius 1 is 1.12 bits per heavy atom. The van der Waals surface area contributed by atoms with Crippen molar-refractivity contribution in [3.8, 4) is 10.4 Å². The normalized spacial score (nSPS) is 11.1. The Labute approximate surface area is 156 Å². The van der Waals surface area contributed by atoms with Gasteiger partial charge in [0.2, 0.25) is 0 Å². The Bertz CT molecular complexity index is 1130. The summed E-state index contributed by atoms with van der Waals surface area (Å²) in [5, 5.41) is 13.6. The summed E-state index contributed by atoms with van der Waals surface area (Å²) in [6.45, 7) is -0.399. The van der Waals surface area contributed by atoms with E-state index in [2.05, 4.69) is 4.98 Å². The lowest BCUT2D eigenvalue weighted by Gasteiger charge is -2.11. The predicted octanol–water partition coefficient (Wildman–Crippen LogP) is 3.86. The van der Waals surface area contributed by atoms with Crippen LogP contribution in [0.15, 0.2) is 58.0 Å². The van der Waals surface area contributed by atoms with Gasteiger partial charge in [-0.2, -0.15) is 0 Å². The monoisotopic (exact) mass is 382 g/mol. The Morgan fingerprint density at radius 3 is 2.62 bits per heavy atom. The van der Waals surface area contributed by atoms with Crippen LogP contribution < -0.4 is 5.56 Å². The molecule has 0 saturated carbocycles. The fourth-order valence-corrected chi connectivity index (χ4v) is 4.66. The lowest BCUT2D eigenvalue weighted by Crippen LogP contribution is -2.28.